The van der Waals surface area contributed by atoms with Crippen molar-refractivity contribution >= 4 is 28.8 Å². The van der Waals surface area contributed by atoms with Gasteiger partial charge < -0.3 is 19.9 Å². The Balaban J connectivity index is 1.28. The third-order valence-corrected chi connectivity index (χ3v) is 6.16. The van der Waals surface area contributed by atoms with E-state index in [1.54, 1.807) is 0 Å². The number of ether oxygens (including phenoxy) is 1. The van der Waals surface area contributed by atoms with Crippen LogP contribution in [0.25, 0.3) is 11.0 Å². The number of cyclic esters (lactones) is 1. The number of carbonyl (C=O) groups is 1. The summed E-state index contributed by atoms with van der Waals surface area (Å²) >= 11 is 0. The van der Waals surface area contributed by atoms with Gasteiger partial charge >= 0.3 is 5.97 Å². The van der Waals surface area contributed by atoms with Gasteiger partial charge in [-0.05, 0) is 31.9 Å². The molecular weight excluding hydrogens is 368 g/mol. The molecule has 1 aromatic carbocycles. The summed E-state index contributed by atoms with van der Waals surface area (Å²) in [6.07, 6.45) is 3.97. The Kier molecular flexibility index (Phi) is 4.15. The zero-order chi connectivity index (χ0) is 20.0. The van der Waals surface area contributed by atoms with Crippen LogP contribution in [0.4, 0.5) is 11.8 Å². The number of esters is 1. The first-order valence-electron chi connectivity index (χ1n) is 9.99. The summed E-state index contributed by atoms with van der Waals surface area (Å²) in [5, 5.41) is 0. The Morgan fingerprint density at radius 3 is 2.83 bits per heavy atom. The highest BCUT2D eigenvalue weighted by Crippen LogP contribution is 2.44. The number of aromatic nitrogens is 4. The fraction of sp³-hybridized carbons (Fsp3) is 0.429. The lowest BCUT2D eigenvalue weighted by atomic mass is 9.76. The minimum Gasteiger partial charge on any atom is -0.460 e. The fourth-order valence-corrected chi connectivity index (χ4v) is 4.62. The highest BCUT2D eigenvalue weighted by molar-refractivity contribution is 5.80. The van der Waals surface area contributed by atoms with E-state index >= 15 is 0 Å². The van der Waals surface area contributed by atoms with Gasteiger partial charge in [0.1, 0.15) is 11.9 Å². The van der Waals surface area contributed by atoms with Crippen molar-refractivity contribution in [1.29, 1.82) is 0 Å². The van der Waals surface area contributed by atoms with Gasteiger partial charge in [-0.1, -0.05) is 12.1 Å². The van der Waals surface area contributed by atoms with E-state index in [0.717, 1.165) is 54.9 Å². The van der Waals surface area contributed by atoms with Crippen LogP contribution in [0.1, 0.15) is 25.0 Å². The molecule has 4 heterocycles. The third-order valence-electron chi connectivity index (χ3n) is 6.16. The number of hydrogen-bond donors (Lipinski definition) is 1. The molecule has 1 atom stereocenters. The maximum absolute atomic E-state index is 12.8. The van der Waals surface area contributed by atoms with E-state index in [4.69, 9.17) is 10.5 Å². The van der Waals surface area contributed by atoms with Gasteiger partial charge in [0.25, 0.3) is 0 Å². The van der Waals surface area contributed by atoms with E-state index in [9.17, 15) is 4.79 Å². The molecule has 0 saturated carbocycles. The van der Waals surface area contributed by atoms with Gasteiger partial charge in [-0.3, -0.25) is 4.79 Å². The second-order valence-electron chi connectivity index (χ2n) is 8.11. The number of fused-ring (bicyclic) bond motifs is 1. The van der Waals surface area contributed by atoms with Gasteiger partial charge in [0.2, 0.25) is 5.95 Å². The fourth-order valence-electron chi connectivity index (χ4n) is 4.62. The molecule has 8 heteroatoms. The van der Waals surface area contributed by atoms with Gasteiger partial charge in [-0.2, -0.15) is 4.98 Å². The summed E-state index contributed by atoms with van der Waals surface area (Å²) in [5.74, 6) is 1.05. The summed E-state index contributed by atoms with van der Waals surface area (Å²) in [7, 11) is 0. The zero-order valence-electron chi connectivity index (χ0n) is 16.4. The molecule has 8 nitrogen and oxygen atoms in total. The number of carbonyl (C=O) groups excluding carboxylic acids is 1. The van der Waals surface area contributed by atoms with E-state index in [-0.39, 0.29) is 18.0 Å². The lowest BCUT2D eigenvalue weighted by Crippen LogP contribution is -2.43. The molecule has 0 radical (unpaired) electrons. The standard InChI is InChI=1S/C21H24N6O2/c1-14-10-18(25-20(22)24-14)26-8-6-21(7-9-26)11-15(29-19(21)28)12-27-13-23-16-4-2-3-5-17(16)27/h2-5,10,13,15H,6-9,11-12H2,1H3,(H2,22,24,25). The van der Waals surface area contributed by atoms with Crippen molar-refractivity contribution in [3.05, 3.63) is 42.4 Å². The molecule has 0 aliphatic carbocycles. The number of para-hydroxylation sites is 2. The first-order valence-corrected chi connectivity index (χ1v) is 9.99. The number of piperidine rings is 1. The van der Waals surface area contributed by atoms with Crippen LogP contribution in [0.15, 0.2) is 36.7 Å². The van der Waals surface area contributed by atoms with Gasteiger partial charge in [-0.25, -0.2) is 9.97 Å². The summed E-state index contributed by atoms with van der Waals surface area (Å²) in [6.45, 7) is 4.06. The molecule has 2 saturated heterocycles. The van der Waals surface area contributed by atoms with Gasteiger partial charge in [0, 0.05) is 31.3 Å². The SMILES string of the molecule is Cc1cc(N2CCC3(CC2)CC(Cn2cnc4ccccc42)OC3=O)nc(N)n1. The number of benzene rings is 1. The summed E-state index contributed by atoms with van der Waals surface area (Å²) in [4.78, 5) is 27.9. The molecule has 1 spiro atoms. The van der Waals surface area contributed by atoms with E-state index < -0.39 is 5.41 Å². The maximum Gasteiger partial charge on any atom is 0.312 e. The summed E-state index contributed by atoms with van der Waals surface area (Å²) in [5.41, 5.74) is 8.27. The maximum atomic E-state index is 12.8. The van der Waals surface area contributed by atoms with Crippen molar-refractivity contribution in [3.63, 3.8) is 0 Å². The Labute approximate surface area is 168 Å². The topological polar surface area (TPSA) is 99.2 Å². The van der Waals surface area contributed by atoms with Crippen LogP contribution < -0.4 is 10.6 Å². The summed E-state index contributed by atoms with van der Waals surface area (Å²) in [6, 6.07) is 9.95. The van der Waals surface area contributed by atoms with Crippen molar-refractivity contribution in [2.24, 2.45) is 5.41 Å². The monoisotopic (exact) mass is 392 g/mol. The highest BCUT2D eigenvalue weighted by atomic mass is 16.6. The lowest BCUT2D eigenvalue weighted by molar-refractivity contribution is -0.150. The number of imidazole rings is 1. The second-order valence-corrected chi connectivity index (χ2v) is 8.11. The number of nitrogen functional groups attached to an aromatic ring is 1. The normalized spacial score (nSPS) is 21.1. The molecular formula is C21H24N6O2. The minimum atomic E-state index is -0.398. The van der Waals surface area contributed by atoms with Crippen LogP contribution in [0.3, 0.4) is 0 Å². The van der Waals surface area contributed by atoms with Crippen LogP contribution in [0.2, 0.25) is 0 Å². The van der Waals surface area contributed by atoms with E-state index in [0.29, 0.717) is 6.54 Å². The van der Waals surface area contributed by atoms with Crippen molar-refractivity contribution in [2.45, 2.75) is 38.8 Å². The van der Waals surface area contributed by atoms with E-state index in [1.807, 2.05) is 43.6 Å². The first-order chi connectivity index (χ1) is 14.0. The molecule has 3 aromatic rings. The average Bonchev–Trinajstić information content (AvgIpc) is 3.23. The van der Waals surface area contributed by atoms with Crippen molar-refractivity contribution in [2.75, 3.05) is 23.7 Å². The average molecular weight is 392 g/mol. The van der Waals surface area contributed by atoms with Crippen LogP contribution in [0.5, 0.6) is 0 Å². The molecule has 2 aliphatic rings. The number of aryl methyl sites for hydroxylation is 1. The molecule has 2 N–H and O–H groups in total. The largest absolute Gasteiger partial charge is 0.460 e. The Hall–Kier alpha value is -3.16. The number of anilines is 2. The smallest absolute Gasteiger partial charge is 0.312 e. The van der Waals surface area contributed by atoms with Gasteiger partial charge in [-0.15, -0.1) is 0 Å². The molecule has 0 amide bonds. The van der Waals surface area contributed by atoms with Gasteiger partial charge in [0.05, 0.1) is 29.3 Å². The molecule has 5 rings (SSSR count). The Morgan fingerprint density at radius 1 is 1.24 bits per heavy atom. The van der Waals surface area contributed by atoms with E-state index in [1.165, 1.54) is 0 Å². The van der Waals surface area contributed by atoms with Crippen LogP contribution in [0, 0.1) is 12.3 Å². The Morgan fingerprint density at radius 2 is 2.03 bits per heavy atom. The minimum absolute atomic E-state index is 0.0649. The van der Waals surface area contributed by atoms with E-state index in [2.05, 4.69) is 24.4 Å². The number of nitrogens with two attached hydrogens (primary N) is 1. The summed E-state index contributed by atoms with van der Waals surface area (Å²) < 4.78 is 7.88. The molecule has 2 fully saturated rings. The number of nitrogens with zero attached hydrogens (tertiary/aromatic N) is 5. The second kappa shape index (κ2) is 6.72. The molecule has 2 aromatic heterocycles. The van der Waals surface area contributed by atoms with Crippen LogP contribution >= 0.6 is 0 Å². The first kappa shape index (κ1) is 17.9. The number of rotatable bonds is 3. The van der Waals surface area contributed by atoms with Crippen LogP contribution in [-0.2, 0) is 16.1 Å². The molecule has 0 bridgehead atoms. The zero-order valence-corrected chi connectivity index (χ0v) is 16.4. The Bertz CT molecular complexity index is 1050. The highest BCUT2D eigenvalue weighted by Gasteiger charge is 2.50. The molecule has 150 valence electrons. The number of hydrogen-bond acceptors (Lipinski definition) is 7. The third kappa shape index (κ3) is 3.18. The van der Waals surface area contributed by atoms with Gasteiger partial charge in [0.15, 0.2) is 0 Å². The van der Waals surface area contributed by atoms with Crippen molar-refractivity contribution in [1.82, 2.24) is 19.5 Å². The predicted molar refractivity (Wildman–Crippen MR) is 109 cm³/mol. The quantitative estimate of drug-likeness (QED) is 0.683. The molecule has 1 unspecified atom stereocenters. The predicted octanol–water partition coefficient (Wildman–Crippen LogP) is 2.32. The van der Waals surface area contributed by atoms with Crippen molar-refractivity contribution in [3.8, 4) is 0 Å². The van der Waals surface area contributed by atoms with Crippen molar-refractivity contribution < 1.29 is 9.53 Å². The molecule has 29 heavy (non-hydrogen) atoms. The lowest BCUT2D eigenvalue weighted by Gasteiger charge is -2.37. The molecule has 2 aliphatic heterocycles. The van der Waals surface area contributed by atoms with Crippen LogP contribution in [-0.4, -0.2) is 44.7 Å².